The number of nitrogens with one attached hydrogen (secondary N) is 1. The van der Waals surface area contributed by atoms with Gasteiger partial charge in [-0.2, -0.15) is 0 Å². The average Bonchev–Trinajstić information content (AvgIpc) is 2.78. The number of halogens is 3. The van der Waals surface area contributed by atoms with Gasteiger partial charge in [0.2, 0.25) is 5.91 Å². The molecule has 172 valence electrons. The number of nitrogens with zero attached hydrogens (tertiary/aromatic N) is 1. The lowest BCUT2D eigenvalue weighted by atomic mass is 9.95. The van der Waals surface area contributed by atoms with Crippen molar-refractivity contribution in [2.24, 2.45) is 0 Å². The van der Waals surface area contributed by atoms with Crippen LogP contribution in [0.2, 0.25) is 10.0 Å². The second kappa shape index (κ2) is 11.5. The van der Waals surface area contributed by atoms with Crippen LogP contribution < -0.4 is 10.1 Å². The molecule has 0 aliphatic heterocycles. The van der Waals surface area contributed by atoms with Gasteiger partial charge in [-0.25, -0.2) is 4.39 Å². The molecule has 2 amide bonds. The molecule has 5 nitrogen and oxygen atoms in total. The van der Waals surface area contributed by atoms with Crippen LogP contribution in [-0.2, 0) is 16.1 Å². The number of benzene rings is 2. The van der Waals surface area contributed by atoms with Crippen LogP contribution >= 0.6 is 23.2 Å². The topological polar surface area (TPSA) is 58.6 Å². The van der Waals surface area contributed by atoms with Crippen molar-refractivity contribution in [2.75, 3.05) is 6.61 Å². The molecular formula is C24H27Cl2FN2O3. The number of hydrogen-bond acceptors (Lipinski definition) is 3. The molecule has 3 rings (SSSR count). The quantitative estimate of drug-likeness (QED) is 0.551. The fourth-order valence-electron chi connectivity index (χ4n) is 3.79. The van der Waals surface area contributed by atoms with E-state index in [-0.39, 0.29) is 24.2 Å². The van der Waals surface area contributed by atoms with Crippen molar-refractivity contribution in [3.05, 3.63) is 63.9 Å². The molecule has 0 saturated heterocycles. The predicted molar refractivity (Wildman–Crippen MR) is 123 cm³/mol. The highest BCUT2D eigenvalue weighted by Gasteiger charge is 2.29. The highest BCUT2D eigenvalue weighted by atomic mass is 35.5. The second-order valence-corrected chi connectivity index (χ2v) is 8.77. The molecule has 1 aliphatic rings. The molecule has 1 atom stereocenters. The van der Waals surface area contributed by atoms with Gasteiger partial charge in [0.25, 0.3) is 5.91 Å². The maximum Gasteiger partial charge on any atom is 0.261 e. The molecule has 0 spiro atoms. The number of amides is 2. The third kappa shape index (κ3) is 6.36. The SMILES string of the molecule is CC(C(=O)NC1CCCCC1)N(Cc1c(Cl)cccc1Cl)C(=O)COc1ccccc1F. The van der Waals surface area contributed by atoms with E-state index in [1.54, 1.807) is 31.2 Å². The summed E-state index contributed by atoms with van der Waals surface area (Å²) in [5, 5.41) is 3.84. The van der Waals surface area contributed by atoms with Crippen LogP contribution in [0.3, 0.4) is 0 Å². The number of hydrogen-bond donors (Lipinski definition) is 1. The Kier molecular flexibility index (Phi) is 8.76. The molecule has 0 bridgehead atoms. The number of rotatable bonds is 8. The third-order valence-corrected chi connectivity index (χ3v) is 6.41. The molecule has 1 saturated carbocycles. The van der Waals surface area contributed by atoms with Gasteiger partial charge in [-0.05, 0) is 44.0 Å². The highest BCUT2D eigenvalue weighted by Crippen LogP contribution is 2.27. The minimum Gasteiger partial charge on any atom is -0.481 e. The van der Waals surface area contributed by atoms with E-state index in [0.717, 1.165) is 25.7 Å². The molecule has 2 aromatic rings. The smallest absolute Gasteiger partial charge is 0.261 e. The van der Waals surface area contributed by atoms with Crippen molar-refractivity contribution in [2.45, 2.75) is 57.7 Å². The normalized spacial score (nSPS) is 15.1. The van der Waals surface area contributed by atoms with E-state index in [2.05, 4.69) is 5.32 Å². The van der Waals surface area contributed by atoms with E-state index in [1.165, 1.54) is 29.5 Å². The van der Waals surface area contributed by atoms with E-state index >= 15 is 0 Å². The fourth-order valence-corrected chi connectivity index (χ4v) is 4.31. The minimum absolute atomic E-state index is 0.0250. The van der Waals surface area contributed by atoms with Crippen molar-refractivity contribution in [3.8, 4) is 5.75 Å². The van der Waals surface area contributed by atoms with Crippen molar-refractivity contribution in [1.82, 2.24) is 10.2 Å². The van der Waals surface area contributed by atoms with Gasteiger partial charge in [0.1, 0.15) is 6.04 Å². The molecule has 0 aromatic heterocycles. The van der Waals surface area contributed by atoms with E-state index in [4.69, 9.17) is 27.9 Å². The van der Waals surface area contributed by atoms with Crippen LogP contribution in [-0.4, -0.2) is 35.4 Å². The van der Waals surface area contributed by atoms with Crippen LogP contribution in [0.25, 0.3) is 0 Å². The molecule has 1 unspecified atom stereocenters. The van der Waals surface area contributed by atoms with Crippen molar-refractivity contribution in [3.63, 3.8) is 0 Å². The van der Waals surface area contributed by atoms with Gasteiger partial charge in [-0.15, -0.1) is 0 Å². The number of para-hydroxylation sites is 1. The van der Waals surface area contributed by atoms with Crippen LogP contribution in [0.4, 0.5) is 4.39 Å². The second-order valence-electron chi connectivity index (χ2n) is 7.96. The van der Waals surface area contributed by atoms with Gasteiger partial charge >= 0.3 is 0 Å². The zero-order chi connectivity index (χ0) is 23.1. The van der Waals surface area contributed by atoms with Crippen molar-refractivity contribution < 1.29 is 18.7 Å². The van der Waals surface area contributed by atoms with Crippen LogP contribution in [0.1, 0.15) is 44.6 Å². The van der Waals surface area contributed by atoms with E-state index < -0.39 is 24.4 Å². The zero-order valence-corrected chi connectivity index (χ0v) is 19.5. The van der Waals surface area contributed by atoms with Gasteiger partial charge in [-0.1, -0.05) is 60.7 Å². The Balaban J connectivity index is 1.77. The van der Waals surface area contributed by atoms with Gasteiger partial charge < -0.3 is 15.0 Å². The summed E-state index contributed by atoms with van der Waals surface area (Å²) in [6, 6.07) is 10.2. The summed E-state index contributed by atoms with van der Waals surface area (Å²) in [4.78, 5) is 27.4. The van der Waals surface area contributed by atoms with Crippen molar-refractivity contribution in [1.29, 1.82) is 0 Å². The molecule has 0 heterocycles. The molecule has 1 N–H and O–H groups in total. The summed E-state index contributed by atoms with van der Waals surface area (Å²) in [5.74, 6) is -1.32. The summed E-state index contributed by atoms with van der Waals surface area (Å²) in [6.07, 6.45) is 5.19. The molecular weight excluding hydrogens is 454 g/mol. The van der Waals surface area contributed by atoms with Crippen LogP contribution in [0.15, 0.2) is 42.5 Å². The maximum absolute atomic E-state index is 13.9. The molecule has 8 heteroatoms. The maximum atomic E-state index is 13.9. The Bertz CT molecular complexity index is 930. The summed E-state index contributed by atoms with van der Waals surface area (Å²) in [7, 11) is 0. The highest BCUT2D eigenvalue weighted by molar-refractivity contribution is 6.36. The fraction of sp³-hybridized carbons (Fsp3) is 0.417. The van der Waals surface area contributed by atoms with E-state index in [0.29, 0.717) is 15.6 Å². The molecule has 0 radical (unpaired) electrons. The predicted octanol–water partition coefficient (Wildman–Crippen LogP) is 5.38. The first-order valence-corrected chi connectivity index (χ1v) is 11.5. The number of carbonyl (C=O) groups excluding carboxylic acids is 2. The van der Waals surface area contributed by atoms with Gasteiger partial charge in [-0.3, -0.25) is 9.59 Å². The van der Waals surface area contributed by atoms with Crippen LogP contribution in [0.5, 0.6) is 5.75 Å². The lowest BCUT2D eigenvalue weighted by Gasteiger charge is -2.31. The monoisotopic (exact) mass is 480 g/mol. The van der Waals surface area contributed by atoms with Gasteiger partial charge in [0, 0.05) is 28.2 Å². The third-order valence-electron chi connectivity index (χ3n) is 5.70. The summed E-state index contributed by atoms with van der Waals surface area (Å²) in [5.41, 5.74) is 0.535. The van der Waals surface area contributed by atoms with Crippen LogP contribution in [0, 0.1) is 5.82 Å². The van der Waals surface area contributed by atoms with E-state index in [1.807, 2.05) is 0 Å². The van der Waals surface area contributed by atoms with Gasteiger partial charge in [0.15, 0.2) is 18.2 Å². The molecule has 32 heavy (non-hydrogen) atoms. The Morgan fingerprint density at radius 3 is 2.41 bits per heavy atom. The summed E-state index contributed by atoms with van der Waals surface area (Å²) in [6.45, 7) is 1.26. The average molecular weight is 481 g/mol. The van der Waals surface area contributed by atoms with E-state index in [9.17, 15) is 14.0 Å². The Morgan fingerprint density at radius 1 is 1.09 bits per heavy atom. The standard InChI is InChI=1S/C24H27Cl2FN2O3/c1-16(24(31)28-17-8-3-2-4-9-17)29(14-18-19(25)10-7-11-20(18)26)23(30)15-32-22-13-6-5-12-21(22)27/h5-7,10-13,16-17H,2-4,8-9,14-15H2,1H3,(H,28,31). The zero-order valence-electron chi connectivity index (χ0n) is 18.0. The largest absolute Gasteiger partial charge is 0.481 e. The molecule has 2 aromatic carbocycles. The number of ether oxygens (including phenoxy) is 1. The minimum atomic E-state index is -0.791. The summed E-state index contributed by atoms with van der Waals surface area (Å²) < 4.78 is 19.3. The lowest BCUT2D eigenvalue weighted by Crippen LogP contribution is -2.51. The lowest BCUT2D eigenvalue weighted by molar-refractivity contribution is -0.142. The first-order chi connectivity index (χ1) is 15.4. The summed E-state index contributed by atoms with van der Waals surface area (Å²) >= 11 is 12.6. The van der Waals surface area contributed by atoms with Gasteiger partial charge in [0.05, 0.1) is 0 Å². The molecule has 1 aliphatic carbocycles. The first kappa shape index (κ1) is 24.3. The van der Waals surface area contributed by atoms with Crippen molar-refractivity contribution >= 4 is 35.0 Å². The number of carbonyl (C=O) groups is 2. The Hall–Kier alpha value is -2.31. The first-order valence-electron chi connectivity index (χ1n) is 10.8. The Morgan fingerprint density at radius 2 is 1.75 bits per heavy atom. The molecule has 1 fully saturated rings. The Labute approximate surface area is 197 Å².